The predicted octanol–water partition coefficient (Wildman–Crippen LogP) is 3.29. The van der Waals surface area contributed by atoms with E-state index in [1.807, 2.05) is 0 Å². The third-order valence-electron chi connectivity index (χ3n) is 3.45. The van der Waals surface area contributed by atoms with E-state index in [2.05, 4.69) is 20.2 Å². The number of rotatable bonds is 1. The molecule has 0 bridgehead atoms. The summed E-state index contributed by atoms with van der Waals surface area (Å²) in [5.74, 6) is 0.423. The maximum atomic E-state index is 13.1. The Labute approximate surface area is 121 Å². The minimum atomic E-state index is -4.44. The van der Waals surface area contributed by atoms with E-state index in [0.717, 1.165) is 12.1 Å². The second-order valence-electron chi connectivity index (χ2n) is 4.79. The van der Waals surface area contributed by atoms with Gasteiger partial charge in [-0.1, -0.05) is 0 Å². The predicted molar refractivity (Wildman–Crippen MR) is 73.1 cm³/mol. The monoisotopic (exact) mass is 303 g/mol. The van der Waals surface area contributed by atoms with Crippen molar-refractivity contribution in [3.8, 4) is 11.3 Å². The molecule has 0 radical (unpaired) electrons. The highest BCUT2D eigenvalue weighted by atomic mass is 19.4. The van der Waals surface area contributed by atoms with Gasteiger partial charge in [0.2, 0.25) is 5.78 Å². The van der Waals surface area contributed by atoms with Gasteiger partial charge in [-0.25, -0.2) is 9.97 Å². The van der Waals surface area contributed by atoms with Crippen molar-refractivity contribution in [1.82, 2.24) is 24.6 Å². The quantitative estimate of drug-likeness (QED) is 0.587. The number of nitrogens with one attached hydrogen (secondary N) is 1. The van der Waals surface area contributed by atoms with Gasteiger partial charge in [0.05, 0.1) is 29.2 Å². The van der Waals surface area contributed by atoms with E-state index in [9.17, 15) is 13.2 Å². The number of imidazole rings is 1. The number of hydrogen-bond donors (Lipinski definition) is 1. The Kier molecular flexibility index (Phi) is 2.50. The lowest BCUT2D eigenvalue weighted by atomic mass is 10.0. The van der Waals surface area contributed by atoms with Crippen LogP contribution in [0.3, 0.4) is 0 Å². The van der Waals surface area contributed by atoms with Gasteiger partial charge in [-0.05, 0) is 18.2 Å². The van der Waals surface area contributed by atoms with Gasteiger partial charge >= 0.3 is 6.18 Å². The molecule has 1 aromatic carbocycles. The lowest BCUT2D eigenvalue weighted by Crippen LogP contribution is -2.05. The Hall–Kier alpha value is -2.90. The lowest BCUT2D eigenvalue weighted by Gasteiger charge is -2.10. The van der Waals surface area contributed by atoms with Crippen LogP contribution in [0.25, 0.3) is 27.9 Å². The SMILES string of the molecule is FC(F)(F)c1cc(-c2cnc3ncccn23)c2cn[nH]c2c1. The average molecular weight is 303 g/mol. The van der Waals surface area contributed by atoms with Crippen molar-refractivity contribution in [3.05, 3.63) is 48.5 Å². The van der Waals surface area contributed by atoms with Crippen LogP contribution in [0.5, 0.6) is 0 Å². The molecule has 0 fully saturated rings. The summed E-state index contributed by atoms with van der Waals surface area (Å²) in [5, 5.41) is 7.02. The van der Waals surface area contributed by atoms with E-state index in [1.54, 1.807) is 22.9 Å². The van der Waals surface area contributed by atoms with E-state index in [1.165, 1.54) is 12.4 Å². The van der Waals surface area contributed by atoms with Crippen molar-refractivity contribution < 1.29 is 13.2 Å². The zero-order valence-corrected chi connectivity index (χ0v) is 11.0. The van der Waals surface area contributed by atoms with Crippen molar-refractivity contribution >= 4 is 16.7 Å². The van der Waals surface area contributed by atoms with Crippen LogP contribution in [-0.2, 0) is 6.18 Å². The summed E-state index contributed by atoms with van der Waals surface area (Å²) in [4.78, 5) is 8.19. The average Bonchev–Trinajstić information content (AvgIpc) is 3.12. The molecule has 3 aromatic heterocycles. The molecule has 0 amide bonds. The molecule has 5 nitrogen and oxygen atoms in total. The summed E-state index contributed by atoms with van der Waals surface area (Å²) < 4.78 is 40.9. The number of H-pyrrole nitrogens is 1. The molecule has 0 unspecified atom stereocenters. The first-order valence-electron chi connectivity index (χ1n) is 6.37. The number of fused-ring (bicyclic) bond motifs is 2. The van der Waals surface area contributed by atoms with E-state index in [0.29, 0.717) is 27.9 Å². The van der Waals surface area contributed by atoms with Crippen molar-refractivity contribution in [2.75, 3.05) is 0 Å². The van der Waals surface area contributed by atoms with Crippen LogP contribution in [-0.4, -0.2) is 24.6 Å². The normalized spacial score (nSPS) is 12.3. The first-order chi connectivity index (χ1) is 10.5. The van der Waals surface area contributed by atoms with Crippen molar-refractivity contribution in [2.45, 2.75) is 6.18 Å². The van der Waals surface area contributed by atoms with Gasteiger partial charge in [0, 0.05) is 23.3 Å². The fourth-order valence-corrected chi connectivity index (χ4v) is 2.45. The standard InChI is InChI=1S/C14H8F3N5/c15-14(16,17)8-4-9(10-6-20-21-11(10)5-8)12-7-19-13-18-2-1-3-22(12)13/h1-7H,(H,20,21). The number of nitrogens with zero attached hydrogens (tertiary/aromatic N) is 4. The van der Waals surface area contributed by atoms with Gasteiger partial charge in [0.1, 0.15) is 0 Å². The molecule has 3 heterocycles. The van der Waals surface area contributed by atoms with E-state index in [4.69, 9.17) is 0 Å². The molecule has 1 N–H and O–H groups in total. The molecule has 8 heteroatoms. The number of benzene rings is 1. The van der Waals surface area contributed by atoms with Gasteiger partial charge in [-0.2, -0.15) is 18.3 Å². The molecule has 0 aliphatic heterocycles. The van der Waals surface area contributed by atoms with E-state index < -0.39 is 11.7 Å². The molecule has 0 saturated carbocycles. The minimum absolute atomic E-state index is 0.323. The molecule has 0 aliphatic rings. The third-order valence-corrected chi connectivity index (χ3v) is 3.45. The largest absolute Gasteiger partial charge is 0.416 e. The molecular formula is C14H8F3N5. The highest BCUT2D eigenvalue weighted by molar-refractivity contribution is 5.94. The summed E-state index contributed by atoms with van der Waals surface area (Å²) in [6.07, 6.45) is 1.85. The maximum Gasteiger partial charge on any atom is 0.416 e. The minimum Gasteiger partial charge on any atom is -0.284 e. The molecule has 4 aromatic rings. The number of aromatic amines is 1. The van der Waals surface area contributed by atoms with Crippen LogP contribution in [0, 0.1) is 0 Å². The molecule has 4 rings (SSSR count). The number of halogens is 3. The van der Waals surface area contributed by atoms with Crippen LogP contribution in [0.4, 0.5) is 13.2 Å². The van der Waals surface area contributed by atoms with E-state index in [-0.39, 0.29) is 0 Å². The highest BCUT2D eigenvalue weighted by Gasteiger charge is 2.32. The van der Waals surface area contributed by atoms with Crippen LogP contribution in [0.15, 0.2) is 43.0 Å². The molecule has 0 saturated heterocycles. The number of aromatic nitrogens is 5. The number of hydrogen-bond acceptors (Lipinski definition) is 3. The zero-order valence-electron chi connectivity index (χ0n) is 11.0. The topological polar surface area (TPSA) is 58.9 Å². The molecule has 0 atom stereocenters. The van der Waals surface area contributed by atoms with Gasteiger partial charge in [0.25, 0.3) is 0 Å². The summed E-state index contributed by atoms with van der Waals surface area (Å²) in [7, 11) is 0. The molecule has 110 valence electrons. The second kappa shape index (κ2) is 4.30. The second-order valence-corrected chi connectivity index (χ2v) is 4.79. The Morgan fingerprint density at radius 1 is 1.09 bits per heavy atom. The van der Waals surface area contributed by atoms with Crippen LogP contribution in [0.1, 0.15) is 5.56 Å². The molecule has 0 spiro atoms. The first kappa shape index (κ1) is 12.8. The van der Waals surface area contributed by atoms with Crippen molar-refractivity contribution in [2.24, 2.45) is 0 Å². The highest BCUT2D eigenvalue weighted by Crippen LogP contribution is 2.36. The Morgan fingerprint density at radius 3 is 2.77 bits per heavy atom. The van der Waals surface area contributed by atoms with Crippen molar-refractivity contribution in [1.29, 1.82) is 0 Å². The fraction of sp³-hybridized carbons (Fsp3) is 0.0714. The van der Waals surface area contributed by atoms with Crippen LogP contribution in [0.2, 0.25) is 0 Å². The van der Waals surface area contributed by atoms with Crippen molar-refractivity contribution in [3.63, 3.8) is 0 Å². The lowest BCUT2D eigenvalue weighted by molar-refractivity contribution is -0.137. The molecular weight excluding hydrogens is 295 g/mol. The van der Waals surface area contributed by atoms with Crippen LogP contribution >= 0.6 is 0 Å². The Balaban J connectivity index is 2.07. The first-order valence-corrected chi connectivity index (χ1v) is 6.37. The van der Waals surface area contributed by atoms with Gasteiger partial charge in [0.15, 0.2) is 0 Å². The third kappa shape index (κ3) is 1.84. The van der Waals surface area contributed by atoms with Gasteiger partial charge in [-0.3, -0.25) is 9.50 Å². The Bertz CT molecular complexity index is 983. The summed E-state index contributed by atoms with van der Waals surface area (Å²) >= 11 is 0. The fourth-order valence-electron chi connectivity index (χ4n) is 2.45. The van der Waals surface area contributed by atoms with Gasteiger partial charge in [-0.15, -0.1) is 0 Å². The molecule has 22 heavy (non-hydrogen) atoms. The van der Waals surface area contributed by atoms with E-state index >= 15 is 0 Å². The summed E-state index contributed by atoms with van der Waals surface area (Å²) in [5.41, 5.74) is 0.515. The van der Waals surface area contributed by atoms with Gasteiger partial charge < -0.3 is 0 Å². The number of alkyl halides is 3. The zero-order chi connectivity index (χ0) is 15.3. The summed E-state index contributed by atoms with van der Waals surface area (Å²) in [6.45, 7) is 0. The van der Waals surface area contributed by atoms with Crippen LogP contribution < -0.4 is 0 Å². The Morgan fingerprint density at radius 2 is 1.95 bits per heavy atom. The molecule has 0 aliphatic carbocycles. The summed E-state index contributed by atoms with van der Waals surface area (Å²) in [6, 6.07) is 3.85. The maximum absolute atomic E-state index is 13.1. The smallest absolute Gasteiger partial charge is 0.284 e.